The summed E-state index contributed by atoms with van der Waals surface area (Å²) in [6.45, 7) is 3.16. The Kier molecular flexibility index (Phi) is 5.34. The van der Waals surface area contributed by atoms with Crippen LogP contribution in [0.2, 0.25) is 0 Å². The smallest absolute Gasteiger partial charge is 0.351 e. The number of nitrogens with one attached hydrogen (secondary N) is 1. The molecule has 0 radical (unpaired) electrons. The lowest BCUT2D eigenvalue weighted by Gasteiger charge is -2.17. The number of nitrogens with zero attached hydrogens (tertiary/aromatic N) is 2. The van der Waals surface area contributed by atoms with E-state index in [0.29, 0.717) is 5.82 Å². The topological polar surface area (TPSA) is 123 Å². The summed E-state index contributed by atoms with van der Waals surface area (Å²) in [6.07, 6.45) is -3.23. The highest BCUT2D eigenvalue weighted by Crippen LogP contribution is 2.28. The first-order valence-corrected chi connectivity index (χ1v) is 7.30. The number of aromatic nitrogens is 2. The highest BCUT2D eigenvalue weighted by molar-refractivity contribution is 5.71. The minimum Gasteiger partial charge on any atom is -0.463 e. The Morgan fingerprint density at radius 1 is 1.48 bits per heavy atom. The van der Waals surface area contributed by atoms with Crippen LogP contribution in [-0.2, 0) is 14.3 Å². The number of rotatable bonds is 5. The van der Waals surface area contributed by atoms with E-state index in [1.165, 1.54) is 12.3 Å². The van der Waals surface area contributed by atoms with Crippen molar-refractivity contribution in [3.8, 4) is 0 Å². The molecule has 1 aliphatic heterocycles. The van der Waals surface area contributed by atoms with E-state index >= 15 is 0 Å². The van der Waals surface area contributed by atoms with E-state index in [0.717, 1.165) is 4.57 Å². The molecule has 0 amide bonds. The molecule has 1 aliphatic rings. The van der Waals surface area contributed by atoms with Gasteiger partial charge in [0.25, 0.3) is 0 Å². The van der Waals surface area contributed by atoms with Crippen LogP contribution >= 0.6 is 0 Å². The van der Waals surface area contributed by atoms with Crippen molar-refractivity contribution in [3.63, 3.8) is 0 Å². The fraction of sp³-hybridized carbons (Fsp3) is 0.643. The van der Waals surface area contributed by atoms with E-state index in [2.05, 4.69) is 10.3 Å². The SMILES string of the molecule is CNc1ccn(C2OC(COC(=O)C(C)C)C(O)C2O)c(=O)n1. The Balaban J connectivity index is 2.10. The van der Waals surface area contributed by atoms with Crippen LogP contribution in [-0.4, -0.2) is 57.7 Å². The molecular formula is C14H21N3O6. The number of hydrogen-bond acceptors (Lipinski definition) is 8. The number of aliphatic hydroxyl groups excluding tert-OH is 2. The van der Waals surface area contributed by atoms with Crippen molar-refractivity contribution < 1.29 is 24.5 Å². The molecule has 1 aromatic heterocycles. The summed E-state index contributed by atoms with van der Waals surface area (Å²) in [6, 6.07) is 1.54. The van der Waals surface area contributed by atoms with Gasteiger partial charge >= 0.3 is 11.7 Å². The van der Waals surface area contributed by atoms with Crippen LogP contribution in [0.4, 0.5) is 5.82 Å². The van der Waals surface area contributed by atoms with Crippen LogP contribution in [0.3, 0.4) is 0 Å². The van der Waals surface area contributed by atoms with Crippen molar-refractivity contribution in [1.29, 1.82) is 0 Å². The average molecular weight is 327 g/mol. The van der Waals surface area contributed by atoms with Crippen LogP contribution < -0.4 is 11.0 Å². The molecule has 128 valence electrons. The molecule has 9 nitrogen and oxygen atoms in total. The Bertz CT molecular complexity index is 617. The molecule has 4 unspecified atom stereocenters. The maximum atomic E-state index is 12.0. The summed E-state index contributed by atoms with van der Waals surface area (Å²) in [5.74, 6) is -0.368. The molecule has 1 saturated heterocycles. The van der Waals surface area contributed by atoms with Gasteiger partial charge in [0.2, 0.25) is 0 Å². The molecule has 0 aliphatic carbocycles. The van der Waals surface area contributed by atoms with Crippen LogP contribution in [0, 0.1) is 5.92 Å². The molecule has 9 heteroatoms. The molecule has 23 heavy (non-hydrogen) atoms. The number of anilines is 1. The lowest BCUT2D eigenvalue weighted by molar-refractivity contribution is -0.153. The van der Waals surface area contributed by atoms with E-state index < -0.39 is 36.2 Å². The number of aliphatic hydroxyl groups is 2. The fourth-order valence-electron chi connectivity index (χ4n) is 2.17. The van der Waals surface area contributed by atoms with Gasteiger partial charge in [-0.15, -0.1) is 0 Å². The van der Waals surface area contributed by atoms with E-state index in [-0.39, 0.29) is 12.5 Å². The summed E-state index contributed by atoms with van der Waals surface area (Å²) in [7, 11) is 1.62. The zero-order valence-electron chi connectivity index (χ0n) is 13.2. The predicted octanol–water partition coefficient (Wildman–Crippen LogP) is -0.897. The van der Waals surface area contributed by atoms with Crippen molar-refractivity contribution in [2.24, 2.45) is 5.92 Å². The van der Waals surface area contributed by atoms with Crippen LogP contribution in [0.25, 0.3) is 0 Å². The van der Waals surface area contributed by atoms with Gasteiger partial charge in [0, 0.05) is 13.2 Å². The van der Waals surface area contributed by atoms with Gasteiger partial charge in [-0.3, -0.25) is 9.36 Å². The normalized spacial score (nSPS) is 27.2. The Hall–Kier alpha value is -1.97. The van der Waals surface area contributed by atoms with E-state index in [1.807, 2.05) is 0 Å². The number of esters is 1. The third-order valence-electron chi connectivity index (χ3n) is 3.56. The molecule has 0 aromatic carbocycles. The van der Waals surface area contributed by atoms with Gasteiger partial charge in [0.1, 0.15) is 30.7 Å². The Labute approximate surface area is 132 Å². The second-order valence-corrected chi connectivity index (χ2v) is 5.58. The van der Waals surface area contributed by atoms with E-state index in [4.69, 9.17) is 9.47 Å². The van der Waals surface area contributed by atoms with Gasteiger partial charge in [-0.25, -0.2) is 4.79 Å². The first-order chi connectivity index (χ1) is 10.8. The molecule has 4 atom stereocenters. The highest BCUT2D eigenvalue weighted by atomic mass is 16.6. The van der Waals surface area contributed by atoms with Crippen molar-refractivity contribution in [2.45, 2.75) is 38.4 Å². The van der Waals surface area contributed by atoms with E-state index in [9.17, 15) is 19.8 Å². The zero-order valence-corrected chi connectivity index (χ0v) is 13.2. The van der Waals surface area contributed by atoms with Gasteiger partial charge in [-0.1, -0.05) is 13.8 Å². The molecular weight excluding hydrogens is 306 g/mol. The lowest BCUT2D eigenvalue weighted by atomic mass is 10.1. The standard InChI is InChI=1S/C14H21N3O6/c1-7(2)13(20)22-6-8-10(18)11(19)12(23-8)17-5-4-9(15-3)16-14(17)21/h4-5,7-8,10-12,18-19H,6H2,1-3H3,(H,15,16,21). The summed E-state index contributed by atoms with van der Waals surface area (Å²) in [4.78, 5) is 27.2. The zero-order chi connectivity index (χ0) is 17.1. The first kappa shape index (κ1) is 17.4. The summed E-state index contributed by atoms with van der Waals surface area (Å²) in [5, 5.41) is 22.8. The molecule has 2 rings (SSSR count). The van der Waals surface area contributed by atoms with Gasteiger partial charge < -0.3 is 25.0 Å². The minimum atomic E-state index is -1.34. The van der Waals surface area contributed by atoms with Crippen molar-refractivity contribution in [2.75, 3.05) is 19.0 Å². The van der Waals surface area contributed by atoms with Crippen LogP contribution in [0.5, 0.6) is 0 Å². The average Bonchev–Trinajstić information content (AvgIpc) is 2.80. The quantitative estimate of drug-likeness (QED) is 0.595. The van der Waals surface area contributed by atoms with Gasteiger partial charge in [-0.05, 0) is 6.07 Å². The van der Waals surface area contributed by atoms with Crippen molar-refractivity contribution in [3.05, 3.63) is 22.7 Å². The van der Waals surface area contributed by atoms with Gasteiger partial charge in [0.05, 0.1) is 5.92 Å². The number of hydrogen-bond donors (Lipinski definition) is 3. The summed E-state index contributed by atoms with van der Waals surface area (Å²) in [5.41, 5.74) is -0.632. The fourth-order valence-corrected chi connectivity index (χ4v) is 2.17. The molecule has 1 fully saturated rings. The summed E-state index contributed by atoms with van der Waals surface area (Å²) < 4.78 is 11.6. The third-order valence-corrected chi connectivity index (χ3v) is 3.56. The highest BCUT2D eigenvalue weighted by Gasteiger charge is 2.44. The third kappa shape index (κ3) is 3.69. The van der Waals surface area contributed by atoms with Gasteiger partial charge in [-0.2, -0.15) is 4.98 Å². The number of carbonyl (C=O) groups is 1. The molecule has 2 heterocycles. The predicted molar refractivity (Wildman–Crippen MR) is 79.8 cm³/mol. The van der Waals surface area contributed by atoms with Crippen LogP contribution in [0.1, 0.15) is 20.1 Å². The minimum absolute atomic E-state index is 0.206. The Morgan fingerprint density at radius 2 is 2.17 bits per heavy atom. The second kappa shape index (κ2) is 7.07. The van der Waals surface area contributed by atoms with Crippen LogP contribution in [0.15, 0.2) is 17.1 Å². The van der Waals surface area contributed by atoms with Crippen molar-refractivity contribution >= 4 is 11.8 Å². The molecule has 3 N–H and O–H groups in total. The lowest BCUT2D eigenvalue weighted by Crippen LogP contribution is -2.36. The van der Waals surface area contributed by atoms with Gasteiger partial charge in [0.15, 0.2) is 6.23 Å². The number of ether oxygens (including phenoxy) is 2. The molecule has 0 bridgehead atoms. The maximum Gasteiger partial charge on any atom is 0.351 e. The molecule has 0 saturated carbocycles. The molecule has 0 spiro atoms. The van der Waals surface area contributed by atoms with Crippen molar-refractivity contribution in [1.82, 2.24) is 9.55 Å². The number of carbonyl (C=O) groups excluding carboxylic acids is 1. The molecule has 1 aromatic rings. The first-order valence-electron chi connectivity index (χ1n) is 7.30. The van der Waals surface area contributed by atoms with E-state index in [1.54, 1.807) is 20.9 Å². The Morgan fingerprint density at radius 3 is 2.74 bits per heavy atom. The monoisotopic (exact) mass is 327 g/mol. The summed E-state index contributed by atoms with van der Waals surface area (Å²) >= 11 is 0. The largest absolute Gasteiger partial charge is 0.463 e. The maximum absolute atomic E-state index is 12.0. The second-order valence-electron chi connectivity index (χ2n) is 5.58.